The van der Waals surface area contributed by atoms with Gasteiger partial charge in [0.25, 0.3) is 5.56 Å². The van der Waals surface area contributed by atoms with E-state index in [9.17, 15) is 4.79 Å². The maximum Gasteiger partial charge on any atom is 0.255 e. The maximum atomic E-state index is 11.7. The van der Waals surface area contributed by atoms with Gasteiger partial charge in [-0.15, -0.1) is 0 Å². The molecule has 0 bridgehead atoms. The summed E-state index contributed by atoms with van der Waals surface area (Å²) in [7, 11) is 0. The number of hydrogen-bond donors (Lipinski definition) is 0. The Labute approximate surface area is 99.1 Å². The number of nitrogens with zero attached hydrogens (tertiary/aromatic N) is 1. The molecule has 1 heterocycles. The Morgan fingerprint density at radius 3 is 2.60 bits per heavy atom. The quantitative estimate of drug-likeness (QED) is 0.766. The van der Waals surface area contributed by atoms with Gasteiger partial charge in [0.05, 0.1) is 0 Å². The van der Waals surface area contributed by atoms with Crippen LogP contribution < -0.4 is 5.56 Å². The van der Waals surface area contributed by atoms with Gasteiger partial charge in [-0.2, -0.15) is 0 Å². The average Bonchev–Trinajstić information content (AvgIpc) is 2.29. The second-order valence-electron chi connectivity index (χ2n) is 3.06. The van der Waals surface area contributed by atoms with Crippen LogP contribution in [0.15, 0.2) is 53.5 Å². The van der Waals surface area contributed by atoms with E-state index < -0.39 is 5.28 Å². The van der Waals surface area contributed by atoms with Crippen LogP contribution in [0.2, 0.25) is 0 Å². The SMILES string of the molecule is [2H]C([2H])(Br)c1ccc(=O)n(-c2ccccc2)c1. The highest BCUT2D eigenvalue weighted by Gasteiger charge is 1.99. The molecule has 0 N–H and O–H groups in total. The number of para-hydroxylation sites is 1. The van der Waals surface area contributed by atoms with E-state index in [1.165, 1.54) is 22.9 Å². The Hall–Kier alpha value is -1.35. The summed E-state index contributed by atoms with van der Waals surface area (Å²) in [5, 5.41) is -1.64. The number of halogens is 1. The molecule has 76 valence electrons. The molecule has 0 fully saturated rings. The second-order valence-corrected chi connectivity index (χ2v) is 3.45. The summed E-state index contributed by atoms with van der Waals surface area (Å²) >= 11 is 2.94. The Morgan fingerprint density at radius 2 is 1.93 bits per heavy atom. The zero-order valence-electron chi connectivity index (χ0n) is 9.85. The summed E-state index contributed by atoms with van der Waals surface area (Å²) in [5.41, 5.74) is 0.939. The molecule has 0 aliphatic rings. The van der Waals surface area contributed by atoms with E-state index in [4.69, 9.17) is 2.74 Å². The van der Waals surface area contributed by atoms with Crippen LogP contribution in [0.25, 0.3) is 5.69 Å². The van der Waals surface area contributed by atoms with Crippen molar-refractivity contribution < 1.29 is 2.74 Å². The van der Waals surface area contributed by atoms with E-state index in [1.54, 1.807) is 12.1 Å². The molecule has 0 spiro atoms. The highest BCUT2D eigenvalue weighted by molar-refractivity contribution is 9.08. The lowest BCUT2D eigenvalue weighted by Gasteiger charge is -2.06. The lowest BCUT2D eigenvalue weighted by Crippen LogP contribution is -2.16. The van der Waals surface area contributed by atoms with Crippen molar-refractivity contribution in [2.45, 2.75) is 5.28 Å². The first-order valence-electron chi connectivity index (χ1n) is 5.46. The number of rotatable bonds is 2. The van der Waals surface area contributed by atoms with Gasteiger partial charge in [-0.05, 0) is 17.7 Å². The molecule has 3 heteroatoms. The molecule has 0 atom stereocenters. The summed E-state index contributed by atoms with van der Waals surface area (Å²) in [6.07, 6.45) is 1.51. The first kappa shape index (κ1) is 7.88. The van der Waals surface area contributed by atoms with E-state index in [0.717, 1.165) is 5.69 Å². The maximum absolute atomic E-state index is 11.7. The Morgan fingerprint density at radius 1 is 1.20 bits per heavy atom. The topological polar surface area (TPSA) is 22.0 Å². The predicted octanol–water partition coefficient (Wildman–Crippen LogP) is 2.73. The molecule has 0 saturated heterocycles. The van der Waals surface area contributed by atoms with Crippen molar-refractivity contribution in [1.29, 1.82) is 0 Å². The zero-order valence-corrected chi connectivity index (χ0v) is 9.44. The van der Waals surface area contributed by atoms with Crippen molar-refractivity contribution in [3.8, 4) is 5.69 Å². The Bertz CT molecular complexity index is 575. The van der Waals surface area contributed by atoms with Gasteiger partial charge in [0.1, 0.15) is 0 Å². The zero-order chi connectivity index (χ0) is 12.5. The number of aromatic nitrogens is 1. The van der Waals surface area contributed by atoms with Crippen LogP contribution in [0.1, 0.15) is 8.30 Å². The lowest BCUT2D eigenvalue weighted by molar-refractivity contribution is 0.975. The molecule has 2 nitrogen and oxygen atoms in total. The van der Waals surface area contributed by atoms with Crippen LogP contribution in [0, 0.1) is 0 Å². The first-order valence-corrected chi connectivity index (χ1v) is 5.25. The fourth-order valence-corrected chi connectivity index (χ4v) is 1.57. The van der Waals surface area contributed by atoms with Crippen LogP contribution in [-0.2, 0) is 5.28 Å². The molecule has 1 aromatic carbocycles. The molecular weight excluding hydrogens is 254 g/mol. The summed E-state index contributed by atoms with van der Waals surface area (Å²) in [6, 6.07) is 12.0. The van der Waals surface area contributed by atoms with E-state index in [0.29, 0.717) is 5.56 Å². The first-order chi connectivity index (χ1) is 7.98. The third kappa shape index (κ3) is 2.18. The molecule has 0 aliphatic carbocycles. The smallest absolute Gasteiger partial charge is 0.255 e. The molecule has 15 heavy (non-hydrogen) atoms. The van der Waals surface area contributed by atoms with E-state index in [1.807, 2.05) is 18.2 Å². The van der Waals surface area contributed by atoms with Gasteiger partial charge in [0.15, 0.2) is 0 Å². The number of hydrogen-bond acceptors (Lipinski definition) is 1. The van der Waals surface area contributed by atoms with Gasteiger partial charge in [-0.1, -0.05) is 40.2 Å². The van der Waals surface area contributed by atoms with Crippen molar-refractivity contribution in [3.05, 3.63) is 64.6 Å². The molecule has 0 amide bonds. The molecule has 2 rings (SSSR count). The normalized spacial score (nSPS) is 13.1. The van der Waals surface area contributed by atoms with E-state index in [-0.39, 0.29) is 5.56 Å². The van der Waals surface area contributed by atoms with Crippen LogP contribution >= 0.6 is 15.9 Å². The van der Waals surface area contributed by atoms with Gasteiger partial charge in [-0.25, -0.2) is 0 Å². The number of alkyl halides is 1. The van der Waals surface area contributed by atoms with Gasteiger partial charge in [0, 0.05) is 26.0 Å². The highest BCUT2D eigenvalue weighted by atomic mass is 79.9. The second kappa shape index (κ2) is 4.45. The van der Waals surface area contributed by atoms with Crippen molar-refractivity contribution in [3.63, 3.8) is 0 Å². The fraction of sp³-hybridized carbons (Fsp3) is 0.0833. The van der Waals surface area contributed by atoms with E-state index in [2.05, 4.69) is 15.9 Å². The van der Waals surface area contributed by atoms with Crippen LogP contribution in [0.3, 0.4) is 0 Å². The summed E-state index contributed by atoms with van der Waals surface area (Å²) in [6.45, 7) is 0. The van der Waals surface area contributed by atoms with Crippen molar-refractivity contribution in [2.75, 3.05) is 0 Å². The summed E-state index contributed by atoms with van der Waals surface area (Å²) in [5.74, 6) is 0. The van der Waals surface area contributed by atoms with Gasteiger partial charge >= 0.3 is 0 Å². The summed E-state index contributed by atoms with van der Waals surface area (Å²) in [4.78, 5) is 11.7. The molecule has 2 aromatic rings. The third-order valence-electron chi connectivity index (χ3n) is 2.05. The average molecular weight is 266 g/mol. The van der Waals surface area contributed by atoms with Crippen molar-refractivity contribution in [1.82, 2.24) is 4.57 Å². The van der Waals surface area contributed by atoms with Crippen molar-refractivity contribution >= 4 is 15.9 Å². The largest absolute Gasteiger partial charge is 0.284 e. The number of benzene rings is 1. The minimum Gasteiger partial charge on any atom is -0.284 e. The molecule has 0 aliphatic heterocycles. The highest BCUT2D eigenvalue weighted by Crippen LogP contribution is 2.07. The predicted molar refractivity (Wildman–Crippen MR) is 64.7 cm³/mol. The third-order valence-corrected chi connectivity index (χ3v) is 2.51. The summed E-state index contributed by atoms with van der Waals surface area (Å²) < 4.78 is 16.6. The van der Waals surface area contributed by atoms with Crippen LogP contribution in [-0.4, -0.2) is 4.57 Å². The van der Waals surface area contributed by atoms with E-state index >= 15 is 0 Å². The molecule has 0 unspecified atom stereocenters. The van der Waals surface area contributed by atoms with Gasteiger partial charge < -0.3 is 0 Å². The lowest BCUT2D eigenvalue weighted by atomic mass is 10.3. The Balaban J connectivity index is 2.59. The molecule has 0 radical (unpaired) electrons. The minimum absolute atomic E-state index is 0.184. The van der Waals surface area contributed by atoms with Gasteiger partial charge in [0.2, 0.25) is 0 Å². The van der Waals surface area contributed by atoms with Gasteiger partial charge in [-0.3, -0.25) is 9.36 Å². The standard InChI is InChI=1S/C12H10BrNO/c13-8-10-6-7-12(15)14(9-10)11-4-2-1-3-5-11/h1-7,9H,8H2/i8D2. The Kier molecular flexibility index (Phi) is 2.34. The van der Waals surface area contributed by atoms with Crippen LogP contribution in [0.5, 0.6) is 0 Å². The monoisotopic (exact) mass is 265 g/mol. The molecule has 0 saturated carbocycles. The van der Waals surface area contributed by atoms with Crippen LogP contribution in [0.4, 0.5) is 0 Å². The molecule has 1 aromatic heterocycles. The fourth-order valence-electron chi connectivity index (χ4n) is 1.33. The minimum atomic E-state index is -1.64. The van der Waals surface area contributed by atoms with Crippen molar-refractivity contribution in [2.24, 2.45) is 0 Å². The molecular formula is C12H10BrNO. The number of pyridine rings is 1.